The molecule has 0 spiro atoms. The normalized spacial score (nSPS) is 14.8. The maximum Gasteiger partial charge on any atom is 0.157 e. The van der Waals surface area contributed by atoms with Gasteiger partial charge in [0.15, 0.2) is 5.82 Å². The summed E-state index contributed by atoms with van der Waals surface area (Å²) < 4.78 is 2.14. The van der Waals surface area contributed by atoms with E-state index in [0.29, 0.717) is 6.04 Å². The van der Waals surface area contributed by atoms with E-state index in [2.05, 4.69) is 55.1 Å². The largest absolute Gasteiger partial charge is 0.343 e. The molecule has 128 valence electrons. The van der Waals surface area contributed by atoms with Crippen LogP contribution < -0.4 is 10.6 Å². The van der Waals surface area contributed by atoms with Crippen LogP contribution in [-0.2, 0) is 0 Å². The first-order valence-electron chi connectivity index (χ1n) is 8.64. The monoisotopic (exact) mass is 336 g/mol. The molecule has 25 heavy (non-hydrogen) atoms. The molecular weight excluding hydrogens is 314 g/mol. The Labute approximate surface area is 146 Å². The van der Waals surface area contributed by atoms with Crippen LogP contribution in [0.4, 0.5) is 11.6 Å². The van der Waals surface area contributed by atoms with Gasteiger partial charge in [-0.1, -0.05) is 0 Å². The number of imidazole rings is 1. The number of quaternary nitrogens is 1. The van der Waals surface area contributed by atoms with Gasteiger partial charge >= 0.3 is 0 Å². The zero-order valence-electron chi connectivity index (χ0n) is 14.5. The Morgan fingerprint density at radius 2 is 2.12 bits per heavy atom. The second kappa shape index (κ2) is 6.60. The number of nitrogens with zero attached hydrogens (tertiary/aromatic N) is 5. The number of nitrogens with one attached hydrogen (secondary N) is 1. The summed E-state index contributed by atoms with van der Waals surface area (Å²) >= 11 is 0. The molecule has 1 aliphatic rings. The summed E-state index contributed by atoms with van der Waals surface area (Å²) in [6.07, 6.45) is 8.64. The lowest BCUT2D eigenvalue weighted by molar-refractivity contribution is -0.646. The highest BCUT2D eigenvalue weighted by Crippen LogP contribution is 2.22. The summed E-state index contributed by atoms with van der Waals surface area (Å²) in [7, 11) is 0. The topological polar surface area (TPSA) is 85.1 Å². The number of hydrogen-bond donors (Lipinski definition) is 2. The van der Waals surface area contributed by atoms with E-state index >= 15 is 0 Å². The van der Waals surface area contributed by atoms with Crippen molar-refractivity contribution in [2.75, 3.05) is 18.4 Å². The first kappa shape index (κ1) is 15.7. The molecule has 0 fully saturated rings. The molecule has 3 N–H and O–H groups in total. The van der Waals surface area contributed by atoms with Gasteiger partial charge in [0, 0.05) is 30.3 Å². The molecule has 3 aromatic heterocycles. The number of nitrogens with two attached hydrogens (primary N) is 1. The number of anilines is 2. The van der Waals surface area contributed by atoms with Crippen LogP contribution in [0.1, 0.15) is 32.1 Å². The highest BCUT2D eigenvalue weighted by molar-refractivity contribution is 5.78. The Morgan fingerprint density at radius 1 is 1.20 bits per heavy atom. The van der Waals surface area contributed by atoms with Crippen molar-refractivity contribution in [2.24, 2.45) is 0 Å². The summed E-state index contributed by atoms with van der Waals surface area (Å²) in [6.45, 7) is 6.36. The van der Waals surface area contributed by atoms with Crippen LogP contribution in [0.2, 0.25) is 0 Å². The van der Waals surface area contributed by atoms with E-state index in [1.165, 1.54) is 5.57 Å². The van der Waals surface area contributed by atoms with E-state index in [4.69, 9.17) is 0 Å². The second-order valence-electron chi connectivity index (χ2n) is 6.49. The summed E-state index contributed by atoms with van der Waals surface area (Å²) in [5.74, 6) is 2.31. The maximum atomic E-state index is 4.65. The Kier molecular flexibility index (Phi) is 4.15. The van der Waals surface area contributed by atoms with Crippen molar-refractivity contribution >= 4 is 28.2 Å². The van der Waals surface area contributed by atoms with Gasteiger partial charge < -0.3 is 15.2 Å². The third kappa shape index (κ3) is 3.23. The summed E-state index contributed by atoms with van der Waals surface area (Å²) in [5, 5.41) is 5.57. The van der Waals surface area contributed by atoms with Crippen molar-refractivity contribution in [3.05, 3.63) is 42.8 Å². The van der Waals surface area contributed by atoms with E-state index < -0.39 is 0 Å². The van der Waals surface area contributed by atoms with Crippen LogP contribution in [0.25, 0.3) is 16.6 Å². The zero-order valence-corrected chi connectivity index (χ0v) is 14.5. The molecule has 0 aliphatic carbocycles. The van der Waals surface area contributed by atoms with E-state index in [0.717, 1.165) is 48.0 Å². The van der Waals surface area contributed by atoms with Crippen LogP contribution in [0, 0.1) is 0 Å². The number of aromatic nitrogens is 5. The van der Waals surface area contributed by atoms with Gasteiger partial charge in [-0.2, -0.15) is 0 Å². The van der Waals surface area contributed by atoms with Gasteiger partial charge in [-0.05, 0) is 26.0 Å². The zero-order chi connectivity index (χ0) is 17.2. The molecule has 4 heterocycles. The molecule has 1 aliphatic heterocycles. The number of hydrogen-bond acceptors (Lipinski definition) is 5. The number of pyridine rings is 1. The molecule has 0 atom stereocenters. The molecule has 0 saturated heterocycles. The number of rotatable bonds is 4. The predicted molar refractivity (Wildman–Crippen MR) is 97.5 cm³/mol. The lowest BCUT2D eigenvalue weighted by Gasteiger charge is -2.12. The summed E-state index contributed by atoms with van der Waals surface area (Å²) in [4.78, 5) is 17.9. The lowest BCUT2D eigenvalue weighted by atomic mass is 10.1. The second-order valence-corrected chi connectivity index (χ2v) is 6.49. The first-order valence-corrected chi connectivity index (χ1v) is 8.64. The molecule has 0 saturated carbocycles. The molecule has 0 radical (unpaired) electrons. The van der Waals surface area contributed by atoms with E-state index in [9.17, 15) is 0 Å². The highest BCUT2D eigenvalue weighted by Gasteiger charge is 2.12. The first-order chi connectivity index (χ1) is 12.2. The van der Waals surface area contributed by atoms with Crippen molar-refractivity contribution in [3.8, 4) is 0 Å². The van der Waals surface area contributed by atoms with Gasteiger partial charge in [0.25, 0.3) is 0 Å². The molecule has 0 unspecified atom stereocenters. The Morgan fingerprint density at radius 3 is 2.92 bits per heavy atom. The van der Waals surface area contributed by atoms with Crippen molar-refractivity contribution in [2.45, 2.75) is 26.3 Å². The van der Waals surface area contributed by atoms with Gasteiger partial charge in [-0.3, -0.25) is 0 Å². The third-order valence-corrected chi connectivity index (χ3v) is 4.37. The van der Waals surface area contributed by atoms with Crippen LogP contribution in [-0.4, -0.2) is 37.6 Å². The number of fused-ring (bicyclic) bond motifs is 1. The average molecular weight is 336 g/mol. The van der Waals surface area contributed by atoms with Crippen LogP contribution in [0.15, 0.2) is 36.9 Å². The Bertz CT molecular complexity index is 926. The van der Waals surface area contributed by atoms with E-state index in [1.54, 1.807) is 12.4 Å². The Balaban J connectivity index is 1.62. The SMILES string of the molecule is CC(C)n1cnc2cnc(Nc3ccnc(C4=CC[NH2+]CC4)n3)cc21. The molecule has 4 rings (SSSR count). The van der Waals surface area contributed by atoms with Crippen LogP contribution in [0.5, 0.6) is 0 Å². The molecule has 0 amide bonds. The van der Waals surface area contributed by atoms with Gasteiger partial charge in [-0.15, -0.1) is 0 Å². The molecule has 3 aromatic rings. The van der Waals surface area contributed by atoms with Gasteiger partial charge in [0.05, 0.1) is 31.1 Å². The van der Waals surface area contributed by atoms with Crippen molar-refractivity contribution in [3.63, 3.8) is 0 Å². The van der Waals surface area contributed by atoms with Crippen molar-refractivity contribution in [1.29, 1.82) is 0 Å². The fraction of sp³-hybridized carbons (Fsp3) is 0.333. The molecule has 7 heteroatoms. The summed E-state index contributed by atoms with van der Waals surface area (Å²) in [6, 6.07) is 4.23. The average Bonchev–Trinajstić information content (AvgIpc) is 3.06. The fourth-order valence-electron chi connectivity index (χ4n) is 3.03. The predicted octanol–water partition coefficient (Wildman–Crippen LogP) is 1.90. The maximum absolute atomic E-state index is 4.65. The van der Waals surface area contributed by atoms with Crippen LogP contribution >= 0.6 is 0 Å². The van der Waals surface area contributed by atoms with Crippen molar-refractivity contribution < 1.29 is 5.32 Å². The minimum absolute atomic E-state index is 0.348. The van der Waals surface area contributed by atoms with Crippen molar-refractivity contribution in [1.82, 2.24) is 24.5 Å². The van der Waals surface area contributed by atoms with E-state index in [-0.39, 0.29) is 0 Å². The standard InChI is InChI=1S/C18H21N7/c1-12(2)25-11-22-14-10-21-17(9-15(14)25)23-16-5-8-20-18(24-16)13-3-6-19-7-4-13/h3,5,8-12,19H,4,6-7H2,1-2H3,(H,20,21,23,24)/p+1. The van der Waals surface area contributed by atoms with E-state index in [1.807, 2.05) is 18.5 Å². The fourth-order valence-corrected chi connectivity index (χ4v) is 3.03. The van der Waals surface area contributed by atoms with Gasteiger partial charge in [0.2, 0.25) is 0 Å². The quantitative estimate of drug-likeness (QED) is 0.760. The van der Waals surface area contributed by atoms with Crippen LogP contribution in [0.3, 0.4) is 0 Å². The molecular formula is C18H22N7+. The lowest BCUT2D eigenvalue weighted by Crippen LogP contribution is -2.84. The summed E-state index contributed by atoms with van der Waals surface area (Å²) in [5.41, 5.74) is 3.17. The molecule has 0 aromatic carbocycles. The van der Waals surface area contributed by atoms with Gasteiger partial charge in [0.1, 0.15) is 17.2 Å². The smallest absolute Gasteiger partial charge is 0.157 e. The molecule has 7 nitrogen and oxygen atoms in total. The van der Waals surface area contributed by atoms with Gasteiger partial charge in [-0.25, -0.2) is 19.9 Å². The minimum atomic E-state index is 0.348. The third-order valence-electron chi connectivity index (χ3n) is 4.37. The minimum Gasteiger partial charge on any atom is -0.343 e. The Hall–Kier alpha value is -2.80. The molecule has 0 bridgehead atoms. The highest BCUT2D eigenvalue weighted by atomic mass is 15.1.